The second-order valence-corrected chi connectivity index (χ2v) is 6.14. The predicted octanol–water partition coefficient (Wildman–Crippen LogP) is 2.80. The van der Waals surface area contributed by atoms with E-state index in [4.69, 9.17) is 14.2 Å². The summed E-state index contributed by atoms with van der Waals surface area (Å²) in [5.41, 5.74) is 0.244. The van der Waals surface area contributed by atoms with E-state index < -0.39 is 18.0 Å². The number of carbonyl (C=O) groups excluding carboxylic acids is 2. The Kier molecular flexibility index (Phi) is 9.84. The number of carboxylic acid groups (broad SMARTS) is 1. The number of hydrogen-bond donors (Lipinski definition) is 1. The number of nitrogens with zero attached hydrogens (tertiary/aromatic N) is 1. The van der Waals surface area contributed by atoms with Crippen LogP contribution in [0.3, 0.4) is 0 Å². The highest BCUT2D eigenvalue weighted by atomic mass is 16.6. The molecule has 1 amide bonds. The van der Waals surface area contributed by atoms with Crippen LogP contribution in [0.1, 0.15) is 52.2 Å². The highest BCUT2D eigenvalue weighted by Gasteiger charge is 2.25. The van der Waals surface area contributed by atoms with Crippen LogP contribution in [0.2, 0.25) is 0 Å². The molecular formula is C20H29NO7. The molecule has 8 heteroatoms. The molecule has 0 spiro atoms. The number of aliphatic carboxylic acids is 1. The third kappa shape index (κ3) is 7.09. The van der Waals surface area contributed by atoms with Crippen LogP contribution >= 0.6 is 0 Å². The van der Waals surface area contributed by atoms with Crippen molar-refractivity contribution in [3.05, 3.63) is 23.8 Å². The van der Waals surface area contributed by atoms with Crippen molar-refractivity contribution in [3.63, 3.8) is 0 Å². The topological polar surface area (TPSA) is 102 Å². The van der Waals surface area contributed by atoms with Crippen molar-refractivity contribution in [2.75, 3.05) is 26.3 Å². The lowest BCUT2D eigenvalue weighted by Crippen LogP contribution is -2.35. The SMILES string of the molecule is CCCOc1cc(C(OC(C)=O)C(=O)O)ccc1OCC(=O)N(CC)CCC. The van der Waals surface area contributed by atoms with Crippen molar-refractivity contribution in [2.24, 2.45) is 0 Å². The van der Waals surface area contributed by atoms with Crippen molar-refractivity contribution in [1.29, 1.82) is 0 Å². The van der Waals surface area contributed by atoms with Crippen molar-refractivity contribution < 1.29 is 33.7 Å². The molecule has 1 rings (SSSR count). The maximum absolute atomic E-state index is 12.3. The van der Waals surface area contributed by atoms with Crippen LogP contribution in [0.25, 0.3) is 0 Å². The number of likely N-dealkylation sites (N-methyl/N-ethyl adjacent to an activating group) is 1. The van der Waals surface area contributed by atoms with Gasteiger partial charge < -0.3 is 24.2 Å². The molecule has 156 valence electrons. The molecule has 1 N–H and O–H groups in total. The van der Waals surface area contributed by atoms with Gasteiger partial charge in [-0.25, -0.2) is 4.79 Å². The first-order chi connectivity index (χ1) is 13.3. The van der Waals surface area contributed by atoms with E-state index in [-0.39, 0.29) is 18.1 Å². The first-order valence-electron chi connectivity index (χ1n) is 9.41. The minimum absolute atomic E-state index is 0.141. The zero-order valence-electron chi connectivity index (χ0n) is 16.9. The number of rotatable bonds is 12. The summed E-state index contributed by atoms with van der Waals surface area (Å²) in [5, 5.41) is 9.33. The van der Waals surface area contributed by atoms with Crippen molar-refractivity contribution in [3.8, 4) is 11.5 Å². The number of amides is 1. The molecule has 1 atom stereocenters. The molecule has 1 aromatic rings. The molecule has 0 saturated carbocycles. The summed E-state index contributed by atoms with van der Waals surface area (Å²) in [6.07, 6.45) is 0.137. The maximum atomic E-state index is 12.3. The average Bonchev–Trinajstić information content (AvgIpc) is 2.66. The molecule has 1 unspecified atom stereocenters. The Labute approximate surface area is 165 Å². The van der Waals surface area contributed by atoms with E-state index in [1.807, 2.05) is 20.8 Å². The van der Waals surface area contributed by atoms with Crippen molar-refractivity contribution in [1.82, 2.24) is 4.90 Å². The third-order valence-electron chi connectivity index (χ3n) is 3.82. The van der Waals surface area contributed by atoms with Gasteiger partial charge in [-0.2, -0.15) is 0 Å². The predicted molar refractivity (Wildman–Crippen MR) is 102 cm³/mol. The lowest BCUT2D eigenvalue weighted by molar-refractivity contribution is -0.163. The van der Waals surface area contributed by atoms with Gasteiger partial charge in [-0.1, -0.05) is 19.9 Å². The van der Waals surface area contributed by atoms with E-state index in [2.05, 4.69) is 0 Å². The van der Waals surface area contributed by atoms with Crippen molar-refractivity contribution in [2.45, 2.75) is 46.6 Å². The number of carboxylic acids is 1. The van der Waals surface area contributed by atoms with E-state index in [9.17, 15) is 19.5 Å². The fourth-order valence-corrected chi connectivity index (χ4v) is 2.52. The van der Waals surface area contributed by atoms with E-state index in [1.54, 1.807) is 4.90 Å². The van der Waals surface area contributed by atoms with Gasteiger partial charge in [-0.3, -0.25) is 9.59 Å². The van der Waals surface area contributed by atoms with Crippen LogP contribution in [-0.2, 0) is 19.1 Å². The largest absolute Gasteiger partial charge is 0.490 e. The second kappa shape index (κ2) is 11.8. The van der Waals surface area contributed by atoms with Crippen molar-refractivity contribution >= 4 is 17.8 Å². The van der Waals surface area contributed by atoms with Crippen LogP contribution in [0.15, 0.2) is 18.2 Å². The average molecular weight is 395 g/mol. The van der Waals surface area contributed by atoms with Gasteiger partial charge in [-0.15, -0.1) is 0 Å². The molecule has 0 aliphatic rings. The Balaban J connectivity index is 3.03. The van der Waals surface area contributed by atoms with Gasteiger partial charge in [0.1, 0.15) is 0 Å². The fourth-order valence-electron chi connectivity index (χ4n) is 2.52. The summed E-state index contributed by atoms with van der Waals surface area (Å²) >= 11 is 0. The van der Waals surface area contributed by atoms with E-state index in [1.165, 1.54) is 18.2 Å². The Bertz CT molecular complexity index is 675. The maximum Gasteiger partial charge on any atom is 0.349 e. The summed E-state index contributed by atoms with van der Waals surface area (Å²) < 4.78 is 16.1. The minimum atomic E-state index is -1.45. The Morgan fingerprint density at radius 3 is 2.32 bits per heavy atom. The summed E-state index contributed by atoms with van der Waals surface area (Å²) in [7, 11) is 0. The molecule has 0 aliphatic heterocycles. The highest BCUT2D eigenvalue weighted by Crippen LogP contribution is 2.32. The molecule has 0 bridgehead atoms. The molecule has 1 aromatic carbocycles. The summed E-state index contributed by atoms with van der Waals surface area (Å²) in [6.45, 7) is 8.45. The van der Waals surface area contributed by atoms with Gasteiger partial charge in [0.05, 0.1) is 6.61 Å². The number of hydrogen-bond acceptors (Lipinski definition) is 6. The van der Waals surface area contributed by atoms with Gasteiger partial charge in [0.2, 0.25) is 6.10 Å². The number of esters is 1. The third-order valence-corrected chi connectivity index (χ3v) is 3.82. The zero-order valence-corrected chi connectivity index (χ0v) is 16.9. The molecule has 0 saturated heterocycles. The smallest absolute Gasteiger partial charge is 0.349 e. The number of ether oxygens (including phenoxy) is 3. The molecule has 0 aromatic heterocycles. The summed E-state index contributed by atoms with van der Waals surface area (Å²) in [4.78, 5) is 36.6. The summed E-state index contributed by atoms with van der Waals surface area (Å²) in [6, 6.07) is 4.45. The molecular weight excluding hydrogens is 366 g/mol. The Morgan fingerprint density at radius 2 is 1.79 bits per heavy atom. The highest BCUT2D eigenvalue weighted by molar-refractivity contribution is 5.79. The molecule has 0 aliphatic carbocycles. The fraction of sp³-hybridized carbons (Fsp3) is 0.550. The quantitative estimate of drug-likeness (QED) is 0.543. The molecule has 8 nitrogen and oxygen atoms in total. The lowest BCUT2D eigenvalue weighted by Gasteiger charge is -2.21. The first kappa shape index (κ1) is 23.3. The number of benzene rings is 1. The summed E-state index contributed by atoms with van der Waals surface area (Å²) in [5.74, 6) is -1.52. The Morgan fingerprint density at radius 1 is 1.07 bits per heavy atom. The van der Waals surface area contributed by atoms with Crippen LogP contribution in [-0.4, -0.2) is 54.2 Å². The standard InChI is InChI=1S/C20H29NO7/c1-5-10-21(7-3)18(23)13-27-16-9-8-15(12-17(16)26-11-6-2)19(20(24)25)28-14(4)22/h8-9,12,19H,5-7,10-11,13H2,1-4H3,(H,24,25). The second-order valence-electron chi connectivity index (χ2n) is 6.14. The van der Waals surface area contributed by atoms with Crippen LogP contribution < -0.4 is 9.47 Å². The molecule has 28 heavy (non-hydrogen) atoms. The molecule has 0 fully saturated rings. The monoisotopic (exact) mass is 395 g/mol. The first-order valence-corrected chi connectivity index (χ1v) is 9.41. The normalized spacial score (nSPS) is 11.4. The van der Waals surface area contributed by atoms with Gasteiger partial charge in [0.25, 0.3) is 5.91 Å². The van der Waals surface area contributed by atoms with E-state index >= 15 is 0 Å². The Hall–Kier alpha value is -2.77. The lowest BCUT2D eigenvalue weighted by atomic mass is 10.1. The van der Waals surface area contributed by atoms with Crippen LogP contribution in [0, 0.1) is 0 Å². The molecule has 0 radical (unpaired) electrons. The minimum Gasteiger partial charge on any atom is -0.490 e. The molecule has 0 heterocycles. The van der Waals surface area contributed by atoms with Crippen LogP contribution in [0.5, 0.6) is 11.5 Å². The van der Waals surface area contributed by atoms with E-state index in [0.717, 1.165) is 19.8 Å². The van der Waals surface area contributed by atoms with Gasteiger partial charge in [0.15, 0.2) is 18.1 Å². The number of carbonyl (C=O) groups is 3. The van der Waals surface area contributed by atoms with Gasteiger partial charge in [0, 0.05) is 25.6 Å². The zero-order chi connectivity index (χ0) is 21.1. The van der Waals surface area contributed by atoms with E-state index in [0.29, 0.717) is 31.2 Å². The van der Waals surface area contributed by atoms with Crippen LogP contribution in [0.4, 0.5) is 0 Å². The van der Waals surface area contributed by atoms with Gasteiger partial charge >= 0.3 is 11.9 Å². The van der Waals surface area contributed by atoms with Gasteiger partial charge in [-0.05, 0) is 31.9 Å².